The minimum atomic E-state index is -2.15. The Balaban J connectivity index is 2.33. The molecule has 24 heavy (non-hydrogen) atoms. The molecule has 0 saturated carbocycles. The second-order valence-corrected chi connectivity index (χ2v) is 7.08. The molecule has 0 atom stereocenters. The standard InChI is InChI=1S/C18H10F5P/c19-13-14(20)16(22)18(17(23)15(13)21)24(11-7-3-1-4-8-11)12-9-5-2-6-10-12/h1-10H. The van der Waals surface area contributed by atoms with Crippen molar-refractivity contribution in [3.63, 3.8) is 0 Å². The lowest BCUT2D eigenvalue weighted by Crippen LogP contribution is -2.28. The molecular formula is C18H10F5P. The average molecular weight is 352 g/mol. The average Bonchev–Trinajstić information content (AvgIpc) is 2.63. The minimum absolute atomic E-state index is 0.488. The zero-order valence-corrected chi connectivity index (χ0v) is 13.0. The van der Waals surface area contributed by atoms with Crippen molar-refractivity contribution < 1.29 is 22.0 Å². The molecule has 0 aliphatic heterocycles. The molecule has 0 aliphatic rings. The van der Waals surface area contributed by atoms with E-state index < -0.39 is 42.3 Å². The lowest BCUT2D eigenvalue weighted by Gasteiger charge is -2.21. The molecule has 3 aromatic carbocycles. The Kier molecular flexibility index (Phi) is 4.63. The predicted octanol–water partition coefficient (Wildman–Crippen LogP) is 4.14. The SMILES string of the molecule is Fc1c(F)c(F)c(P(c2ccccc2)c2ccccc2)c(F)c1F. The molecule has 0 aliphatic carbocycles. The van der Waals surface area contributed by atoms with Gasteiger partial charge in [-0.15, -0.1) is 0 Å². The van der Waals surface area contributed by atoms with Gasteiger partial charge in [0, 0.05) is 0 Å². The minimum Gasteiger partial charge on any atom is -0.203 e. The van der Waals surface area contributed by atoms with Gasteiger partial charge in [-0.2, -0.15) is 0 Å². The van der Waals surface area contributed by atoms with Crippen molar-refractivity contribution >= 4 is 23.8 Å². The molecule has 0 N–H and O–H groups in total. The van der Waals surface area contributed by atoms with Gasteiger partial charge in [0.1, 0.15) is 0 Å². The topological polar surface area (TPSA) is 0 Å². The molecule has 0 unspecified atom stereocenters. The van der Waals surface area contributed by atoms with Crippen LogP contribution in [0.4, 0.5) is 22.0 Å². The van der Waals surface area contributed by atoms with E-state index in [9.17, 15) is 22.0 Å². The third-order valence-electron chi connectivity index (χ3n) is 3.44. The lowest BCUT2D eigenvalue weighted by molar-refractivity contribution is 0.384. The van der Waals surface area contributed by atoms with Crippen LogP contribution < -0.4 is 15.9 Å². The highest BCUT2D eigenvalue weighted by molar-refractivity contribution is 7.79. The maximum atomic E-state index is 14.3. The monoisotopic (exact) mass is 352 g/mol. The van der Waals surface area contributed by atoms with E-state index in [4.69, 9.17) is 0 Å². The molecule has 122 valence electrons. The normalized spacial score (nSPS) is 11.1. The molecular weight excluding hydrogens is 342 g/mol. The van der Waals surface area contributed by atoms with Crippen molar-refractivity contribution in [1.29, 1.82) is 0 Å². The van der Waals surface area contributed by atoms with Gasteiger partial charge < -0.3 is 0 Å². The van der Waals surface area contributed by atoms with Gasteiger partial charge >= 0.3 is 0 Å². The summed E-state index contributed by atoms with van der Waals surface area (Å²) < 4.78 is 69.3. The van der Waals surface area contributed by atoms with Crippen LogP contribution in [-0.4, -0.2) is 0 Å². The zero-order chi connectivity index (χ0) is 17.3. The van der Waals surface area contributed by atoms with Gasteiger partial charge in [0.15, 0.2) is 23.3 Å². The van der Waals surface area contributed by atoms with E-state index in [2.05, 4.69) is 0 Å². The fourth-order valence-corrected chi connectivity index (χ4v) is 4.70. The van der Waals surface area contributed by atoms with Crippen LogP contribution in [-0.2, 0) is 0 Å². The van der Waals surface area contributed by atoms with Gasteiger partial charge in [-0.05, 0) is 18.5 Å². The number of hydrogen-bond acceptors (Lipinski definition) is 0. The predicted molar refractivity (Wildman–Crippen MR) is 84.9 cm³/mol. The van der Waals surface area contributed by atoms with Crippen molar-refractivity contribution in [2.45, 2.75) is 0 Å². The van der Waals surface area contributed by atoms with E-state index >= 15 is 0 Å². The van der Waals surface area contributed by atoms with E-state index in [0.717, 1.165) is 0 Å². The summed E-state index contributed by atoms with van der Waals surface area (Å²) >= 11 is 0. The number of halogens is 5. The molecule has 0 heterocycles. The summed E-state index contributed by atoms with van der Waals surface area (Å²) in [7, 11) is -1.93. The fourth-order valence-electron chi connectivity index (χ4n) is 2.35. The highest BCUT2D eigenvalue weighted by Crippen LogP contribution is 2.36. The van der Waals surface area contributed by atoms with Gasteiger partial charge in [0.05, 0.1) is 5.30 Å². The molecule has 3 aromatic rings. The van der Waals surface area contributed by atoms with Crippen molar-refractivity contribution in [2.75, 3.05) is 0 Å². The summed E-state index contributed by atoms with van der Waals surface area (Å²) in [6, 6.07) is 16.5. The van der Waals surface area contributed by atoms with Crippen molar-refractivity contribution in [2.24, 2.45) is 0 Å². The quantitative estimate of drug-likeness (QED) is 0.288. The first-order valence-corrected chi connectivity index (χ1v) is 8.28. The molecule has 0 nitrogen and oxygen atoms in total. The van der Waals surface area contributed by atoms with Gasteiger partial charge in [0.25, 0.3) is 0 Å². The van der Waals surface area contributed by atoms with Gasteiger partial charge in [-0.25, -0.2) is 22.0 Å². The highest BCUT2D eigenvalue weighted by atomic mass is 31.1. The van der Waals surface area contributed by atoms with Crippen LogP contribution in [0.5, 0.6) is 0 Å². The molecule has 0 fully saturated rings. The number of rotatable bonds is 3. The zero-order valence-electron chi connectivity index (χ0n) is 12.1. The van der Waals surface area contributed by atoms with Crippen molar-refractivity contribution in [3.8, 4) is 0 Å². The van der Waals surface area contributed by atoms with Crippen LogP contribution >= 0.6 is 7.92 Å². The van der Waals surface area contributed by atoms with E-state index in [1.807, 2.05) is 0 Å². The van der Waals surface area contributed by atoms with E-state index in [-0.39, 0.29) is 0 Å². The molecule has 0 amide bonds. The molecule has 0 radical (unpaired) electrons. The van der Waals surface area contributed by atoms with Crippen LogP contribution in [0.25, 0.3) is 0 Å². The molecule has 3 rings (SSSR count). The maximum Gasteiger partial charge on any atom is 0.200 e. The summed E-state index contributed by atoms with van der Waals surface area (Å²) in [6.45, 7) is 0. The Morgan fingerprint density at radius 3 is 1.17 bits per heavy atom. The van der Waals surface area contributed by atoms with Crippen LogP contribution in [0.15, 0.2) is 60.7 Å². The Bertz CT molecular complexity index is 797. The van der Waals surface area contributed by atoms with Crippen molar-refractivity contribution in [1.82, 2.24) is 0 Å². The maximum absolute atomic E-state index is 14.3. The molecule has 6 heteroatoms. The Labute approximate surface area is 136 Å². The van der Waals surface area contributed by atoms with Crippen LogP contribution in [0.1, 0.15) is 0 Å². The Morgan fingerprint density at radius 1 is 0.458 bits per heavy atom. The summed E-state index contributed by atoms with van der Waals surface area (Å²) in [5.41, 5.74) is 0. The third-order valence-corrected chi connectivity index (χ3v) is 5.91. The number of hydrogen-bond donors (Lipinski definition) is 0. The second kappa shape index (κ2) is 6.70. The van der Waals surface area contributed by atoms with Crippen molar-refractivity contribution in [3.05, 3.63) is 89.7 Å². The second-order valence-electron chi connectivity index (χ2n) is 4.93. The summed E-state index contributed by atoms with van der Waals surface area (Å²) in [5, 5.41) is 0.183. The Morgan fingerprint density at radius 2 is 0.792 bits per heavy atom. The lowest BCUT2D eigenvalue weighted by atomic mass is 10.3. The van der Waals surface area contributed by atoms with Crippen LogP contribution in [0, 0.1) is 29.1 Å². The first-order chi connectivity index (χ1) is 11.5. The molecule has 0 saturated heterocycles. The van der Waals surface area contributed by atoms with E-state index in [1.165, 1.54) is 0 Å². The van der Waals surface area contributed by atoms with Gasteiger partial charge in [0.2, 0.25) is 5.82 Å². The Hall–Kier alpha value is -2.26. The first-order valence-electron chi connectivity index (χ1n) is 6.94. The summed E-state index contributed by atoms with van der Waals surface area (Å²) in [4.78, 5) is 0. The largest absolute Gasteiger partial charge is 0.203 e. The van der Waals surface area contributed by atoms with Crippen LogP contribution in [0.2, 0.25) is 0 Å². The highest BCUT2D eigenvalue weighted by Gasteiger charge is 2.31. The summed E-state index contributed by atoms with van der Waals surface area (Å²) in [6.07, 6.45) is 0. The van der Waals surface area contributed by atoms with E-state index in [1.54, 1.807) is 60.7 Å². The van der Waals surface area contributed by atoms with Crippen LogP contribution in [0.3, 0.4) is 0 Å². The number of benzene rings is 3. The third kappa shape index (κ3) is 2.80. The van der Waals surface area contributed by atoms with Gasteiger partial charge in [-0.1, -0.05) is 60.7 Å². The fraction of sp³-hybridized carbons (Fsp3) is 0. The first kappa shape index (κ1) is 16.6. The molecule has 0 aromatic heterocycles. The smallest absolute Gasteiger partial charge is 0.200 e. The van der Waals surface area contributed by atoms with Gasteiger partial charge in [-0.3, -0.25) is 0 Å². The molecule has 0 spiro atoms. The summed E-state index contributed by atoms with van der Waals surface area (Å²) in [5.74, 6) is -9.58. The van der Waals surface area contributed by atoms with E-state index in [0.29, 0.717) is 10.6 Å². The molecule has 0 bridgehead atoms.